The maximum absolute atomic E-state index is 10.7. The lowest BCUT2D eigenvalue weighted by Crippen LogP contribution is -2.46. The molecule has 1 spiro atoms. The quantitative estimate of drug-likeness (QED) is 0.737. The molecular formula is C15H26O2. The van der Waals surface area contributed by atoms with Gasteiger partial charge in [0.25, 0.3) is 0 Å². The Hall–Kier alpha value is -0.0800. The SMILES string of the molecule is C[C@@H]1CC[C@@H]2[C@](C)(CO)[C@H]3C[C@@]12CC[C@@]3(C)O. The van der Waals surface area contributed by atoms with E-state index in [4.69, 9.17) is 0 Å². The van der Waals surface area contributed by atoms with E-state index in [1.807, 2.05) is 6.92 Å². The number of rotatable bonds is 1. The highest BCUT2D eigenvalue weighted by Gasteiger charge is 2.68. The maximum atomic E-state index is 10.7. The molecule has 3 fully saturated rings. The predicted octanol–water partition coefficient (Wildman–Crippen LogP) is 2.58. The summed E-state index contributed by atoms with van der Waals surface area (Å²) < 4.78 is 0. The molecule has 0 aromatic carbocycles. The van der Waals surface area contributed by atoms with Crippen LogP contribution in [0.2, 0.25) is 0 Å². The van der Waals surface area contributed by atoms with Crippen LogP contribution in [0, 0.1) is 28.6 Å². The zero-order chi connectivity index (χ0) is 12.5. The van der Waals surface area contributed by atoms with Crippen LogP contribution >= 0.6 is 0 Å². The van der Waals surface area contributed by atoms with Gasteiger partial charge in [-0.05, 0) is 67.6 Å². The Kier molecular flexibility index (Phi) is 2.30. The van der Waals surface area contributed by atoms with Crippen LogP contribution in [0.15, 0.2) is 0 Å². The topological polar surface area (TPSA) is 40.5 Å². The minimum Gasteiger partial charge on any atom is -0.396 e. The second-order valence-electron chi connectivity index (χ2n) is 7.54. The van der Waals surface area contributed by atoms with Gasteiger partial charge >= 0.3 is 0 Å². The first-order valence-corrected chi connectivity index (χ1v) is 7.20. The fourth-order valence-electron chi connectivity index (χ4n) is 5.85. The van der Waals surface area contributed by atoms with E-state index in [-0.39, 0.29) is 12.0 Å². The fourth-order valence-corrected chi connectivity index (χ4v) is 5.85. The third-order valence-corrected chi connectivity index (χ3v) is 6.93. The summed E-state index contributed by atoms with van der Waals surface area (Å²) in [5, 5.41) is 20.6. The highest BCUT2D eigenvalue weighted by Crippen LogP contribution is 2.73. The highest BCUT2D eigenvalue weighted by molar-refractivity contribution is 5.17. The Morgan fingerprint density at radius 1 is 1.12 bits per heavy atom. The number of hydrogen-bond acceptors (Lipinski definition) is 2. The molecule has 3 saturated carbocycles. The van der Waals surface area contributed by atoms with E-state index in [1.165, 1.54) is 12.8 Å². The van der Waals surface area contributed by atoms with E-state index in [9.17, 15) is 10.2 Å². The first-order valence-electron chi connectivity index (χ1n) is 7.20. The molecule has 2 bridgehead atoms. The molecule has 0 amide bonds. The van der Waals surface area contributed by atoms with Crippen LogP contribution in [0.25, 0.3) is 0 Å². The Morgan fingerprint density at radius 3 is 2.47 bits per heavy atom. The Labute approximate surface area is 104 Å². The van der Waals surface area contributed by atoms with Crippen molar-refractivity contribution in [2.75, 3.05) is 6.61 Å². The first kappa shape index (κ1) is 12.0. The van der Waals surface area contributed by atoms with Crippen molar-refractivity contribution in [2.24, 2.45) is 28.6 Å². The summed E-state index contributed by atoms with van der Waals surface area (Å²) in [6.45, 7) is 6.85. The predicted molar refractivity (Wildman–Crippen MR) is 67.5 cm³/mol. The fraction of sp³-hybridized carbons (Fsp3) is 1.00. The van der Waals surface area contributed by atoms with Crippen LogP contribution in [-0.4, -0.2) is 22.4 Å². The van der Waals surface area contributed by atoms with Crippen molar-refractivity contribution in [3.05, 3.63) is 0 Å². The molecule has 3 aliphatic carbocycles. The number of fused-ring (bicyclic) bond motifs is 1. The van der Waals surface area contributed by atoms with Gasteiger partial charge in [-0.2, -0.15) is 0 Å². The molecule has 0 heterocycles. The van der Waals surface area contributed by atoms with Gasteiger partial charge in [0.1, 0.15) is 0 Å². The van der Waals surface area contributed by atoms with Gasteiger partial charge in [0.2, 0.25) is 0 Å². The summed E-state index contributed by atoms with van der Waals surface area (Å²) in [7, 11) is 0. The van der Waals surface area contributed by atoms with E-state index in [1.54, 1.807) is 0 Å². The molecule has 2 N–H and O–H groups in total. The summed E-state index contributed by atoms with van der Waals surface area (Å²) in [6, 6.07) is 0. The van der Waals surface area contributed by atoms with E-state index in [0.29, 0.717) is 17.3 Å². The van der Waals surface area contributed by atoms with Crippen molar-refractivity contribution in [3.8, 4) is 0 Å². The van der Waals surface area contributed by atoms with Gasteiger partial charge < -0.3 is 10.2 Å². The molecule has 0 unspecified atom stereocenters. The third kappa shape index (κ3) is 1.24. The van der Waals surface area contributed by atoms with Gasteiger partial charge in [-0.25, -0.2) is 0 Å². The van der Waals surface area contributed by atoms with E-state index >= 15 is 0 Å². The lowest BCUT2D eigenvalue weighted by molar-refractivity contribution is -0.0858. The molecule has 3 rings (SSSR count). The lowest BCUT2D eigenvalue weighted by atomic mass is 9.64. The van der Waals surface area contributed by atoms with Crippen molar-refractivity contribution >= 4 is 0 Å². The van der Waals surface area contributed by atoms with E-state index < -0.39 is 5.60 Å². The zero-order valence-electron chi connectivity index (χ0n) is 11.4. The van der Waals surface area contributed by atoms with Crippen molar-refractivity contribution in [3.63, 3.8) is 0 Å². The molecule has 2 heteroatoms. The molecule has 98 valence electrons. The largest absolute Gasteiger partial charge is 0.396 e. The molecule has 2 nitrogen and oxygen atoms in total. The Morgan fingerprint density at radius 2 is 1.82 bits per heavy atom. The van der Waals surface area contributed by atoms with Crippen LogP contribution < -0.4 is 0 Å². The Bertz CT molecular complexity index is 334. The summed E-state index contributed by atoms with van der Waals surface area (Å²) in [6.07, 6.45) is 5.80. The normalized spacial score (nSPS) is 61.6. The molecule has 0 aromatic rings. The second kappa shape index (κ2) is 3.27. The molecule has 0 aliphatic heterocycles. The second-order valence-corrected chi connectivity index (χ2v) is 7.54. The third-order valence-electron chi connectivity index (χ3n) is 6.93. The van der Waals surface area contributed by atoms with Gasteiger partial charge in [0.15, 0.2) is 0 Å². The van der Waals surface area contributed by atoms with Gasteiger partial charge in [-0.1, -0.05) is 13.8 Å². The van der Waals surface area contributed by atoms with Crippen LogP contribution in [-0.2, 0) is 0 Å². The molecule has 6 atom stereocenters. The minimum absolute atomic E-state index is 0.0508. The summed E-state index contributed by atoms with van der Waals surface area (Å²) in [5.74, 6) is 1.70. The lowest BCUT2D eigenvalue weighted by Gasteiger charge is -2.44. The number of hydrogen-bond donors (Lipinski definition) is 2. The van der Waals surface area contributed by atoms with E-state index in [2.05, 4.69) is 13.8 Å². The van der Waals surface area contributed by atoms with E-state index in [0.717, 1.165) is 25.2 Å². The molecular weight excluding hydrogens is 212 g/mol. The molecule has 0 aromatic heterocycles. The van der Waals surface area contributed by atoms with Crippen molar-refractivity contribution < 1.29 is 10.2 Å². The number of aliphatic hydroxyl groups is 2. The zero-order valence-corrected chi connectivity index (χ0v) is 11.4. The summed E-state index contributed by atoms with van der Waals surface area (Å²) in [5.41, 5.74) is -0.179. The number of aliphatic hydroxyl groups excluding tert-OH is 1. The van der Waals surface area contributed by atoms with Gasteiger partial charge in [0.05, 0.1) is 5.60 Å². The van der Waals surface area contributed by atoms with Gasteiger partial charge in [-0.15, -0.1) is 0 Å². The van der Waals surface area contributed by atoms with Crippen LogP contribution in [0.3, 0.4) is 0 Å². The minimum atomic E-state index is -0.563. The van der Waals surface area contributed by atoms with Crippen LogP contribution in [0.5, 0.6) is 0 Å². The summed E-state index contributed by atoms with van der Waals surface area (Å²) in [4.78, 5) is 0. The smallest absolute Gasteiger partial charge is 0.0654 e. The van der Waals surface area contributed by atoms with Crippen LogP contribution in [0.4, 0.5) is 0 Å². The molecule has 3 aliphatic rings. The Balaban J connectivity index is 2.08. The van der Waals surface area contributed by atoms with Crippen molar-refractivity contribution in [2.45, 2.75) is 58.5 Å². The first-order chi connectivity index (χ1) is 7.87. The monoisotopic (exact) mass is 238 g/mol. The van der Waals surface area contributed by atoms with Crippen molar-refractivity contribution in [1.29, 1.82) is 0 Å². The molecule has 0 radical (unpaired) electrons. The average molecular weight is 238 g/mol. The maximum Gasteiger partial charge on any atom is 0.0654 e. The summed E-state index contributed by atoms with van der Waals surface area (Å²) >= 11 is 0. The standard InChI is InChI=1S/C15H26O2/c1-10-4-5-11-13(2,9-16)12-8-15(10,11)7-6-14(12,3)17/h10-12,16-17H,4-9H2,1-3H3/t10-,11-,12-,13+,14-,15+/m1/s1. The van der Waals surface area contributed by atoms with Gasteiger partial charge in [0, 0.05) is 6.61 Å². The molecule has 17 heavy (non-hydrogen) atoms. The van der Waals surface area contributed by atoms with Gasteiger partial charge in [-0.3, -0.25) is 0 Å². The highest BCUT2D eigenvalue weighted by atomic mass is 16.3. The molecule has 0 saturated heterocycles. The average Bonchev–Trinajstić information content (AvgIpc) is 2.71. The van der Waals surface area contributed by atoms with Crippen LogP contribution in [0.1, 0.15) is 52.9 Å². The van der Waals surface area contributed by atoms with Crippen molar-refractivity contribution in [1.82, 2.24) is 0 Å².